The number of nitrogens with one attached hydrogen (secondary N) is 1. The molecular weight excluding hydrogens is 440 g/mol. The number of carbonyl (C=O) groups excluding carboxylic acids is 4. The lowest BCUT2D eigenvalue weighted by Gasteiger charge is -2.44. The predicted molar refractivity (Wildman–Crippen MR) is 124 cm³/mol. The highest BCUT2D eigenvalue weighted by Crippen LogP contribution is 2.23. The number of amides is 4. The molecule has 4 N–H and O–H groups in total. The predicted octanol–water partition coefficient (Wildman–Crippen LogP) is 0.314. The molecule has 34 heavy (non-hydrogen) atoms. The number of benzene rings is 1. The van der Waals surface area contributed by atoms with E-state index >= 15 is 0 Å². The molecular formula is C24H32N4O6. The van der Waals surface area contributed by atoms with Crippen LogP contribution in [0.4, 0.5) is 0 Å². The van der Waals surface area contributed by atoms with E-state index in [1.165, 1.54) is 9.80 Å². The average Bonchev–Trinajstić information content (AvgIpc) is 2.79. The highest BCUT2D eigenvalue weighted by Gasteiger charge is 2.43. The van der Waals surface area contributed by atoms with E-state index in [4.69, 9.17) is 5.73 Å². The number of carbonyl (C=O) groups is 5. The second-order valence-corrected chi connectivity index (χ2v) is 8.57. The lowest BCUT2D eigenvalue weighted by atomic mass is 9.95. The number of hydrogen-bond acceptors (Lipinski definition) is 5. The molecule has 184 valence electrons. The summed E-state index contributed by atoms with van der Waals surface area (Å²) in [5.74, 6) is -3.62. The van der Waals surface area contributed by atoms with Crippen LogP contribution in [0.3, 0.4) is 0 Å². The molecule has 3 atom stereocenters. The summed E-state index contributed by atoms with van der Waals surface area (Å²) < 4.78 is 0. The molecule has 10 heteroatoms. The van der Waals surface area contributed by atoms with Crippen molar-refractivity contribution in [3.8, 4) is 0 Å². The monoisotopic (exact) mass is 472 g/mol. The van der Waals surface area contributed by atoms with Gasteiger partial charge >= 0.3 is 5.97 Å². The second kappa shape index (κ2) is 12.0. The van der Waals surface area contributed by atoms with Crippen molar-refractivity contribution in [2.75, 3.05) is 13.1 Å². The van der Waals surface area contributed by atoms with E-state index < -0.39 is 41.8 Å². The van der Waals surface area contributed by atoms with Crippen molar-refractivity contribution in [1.82, 2.24) is 15.1 Å². The summed E-state index contributed by atoms with van der Waals surface area (Å²) in [5.41, 5.74) is 5.91. The molecule has 0 spiro atoms. The third-order valence-corrected chi connectivity index (χ3v) is 5.79. The Balaban J connectivity index is 2.36. The van der Waals surface area contributed by atoms with Gasteiger partial charge in [-0.1, -0.05) is 50.8 Å². The highest BCUT2D eigenvalue weighted by atomic mass is 16.4. The van der Waals surface area contributed by atoms with Gasteiger partial charge in [-0.3, -0.25) is 19.2 Å². The van der Waals surface area contributed by atoms with Crippen LogP contribution in [0.2, 0.25) is 0 Å². The van der Waals surface area contributed by atoms with E-state index in [1.54, 1.807) is 12.1 Å². The van der Waals surface area contributed by atoms with Crippen LogP contribution in [0, 0.1) is 5.92 Å². The maximum atomic E-state index is 13.5. The summed E-state index contributed by atoms with van der Waals surface area (Å²) in [6.07, 6.45) is 0.930. The zero-order valence-corrected chi connectivity index (χ0v) is 19.5. The van der Waals surface area contributed by atoms with E-state index in [1.807, 2.05) is 32.0 Å². The first-order valence-electron chi connectivity index (χ1n) is 11.2. The largest absolute Gasteiger partial charge is 0.480 e. The maximum absolute atomic E-state index is 13.5. The lowest BCUT2D eigenvalue weighted by Crippen LogP contribution is -2.65. The molecule has 0 radical (unpaired) electrons. The summed E-state index contributed by atoms with van der Waals surface area (Å²) in [5, 5.41) is 12.0. The molecule has 4 amide bonds. The summed E-state index contributed by atoms with van der Waals surface area (Å²) in [6.45, 7) is 7.44. The molecule has 1 aromatic carbocycles. The fourth-order valence-electron chi connectivity index (χ4n) is 4.08. The molecule has 0 unspecified atom stereocenters. The fraction of sp³-hybridized carbons (Fsp3) is 0.458. The van der Waals surface area contributed by atoms with Gasteiger partial charge in [0.1, 0.15) is 18.1 Å². The van der Waals surface area contributed by atoms with E-state index in [-0.39, 0.29) is 44.2 Å². The molecule has 1 aliphatic rings. The number of carboxylic acids is 1. The van der Waals surface area contributed by atoms with Gasteiger partial charge in [0.2, 0.25) is 23.6 Å². The maximum Gasteiger partial charge on any atom is 0.326 e. The Hall–Kier alpha value is -3.69. The number of rotatable bonds is 11. The third kappa shape index (κ3) is 6.66. The molecule has 1 heterocycles. The van der Waals surface area contributed by atoms with Crippen LogP contribution in [0.5, 0.6) is 0 Å². The van der Waals surface area contributed by atoms with E-state index in [0.29, 0.717) is 0 Å². The smallest absolute Gasteiger partial charge is 0.326 e. The normalized spacial score (nSPS) is 17.7. The first-order valence-corrected chi connectivity index (χ1v) is 11.2. The average molecular weight is 473 g/mol. The van der Waals surface area contributed by atoms with Gasteiger partial charge in [0, 0.05) is 25.9 Å². The zero-order valence-electron chi connectivity index (χ0n) is 19.5. The molecule has 1 aliphatic heterocycles. The van der Waals surface area contributed by atoms with Gasteiger partial charge in [0.25, 0.3) is 0 Å². The fourth-order valence-corrected chi connectivity index (χ4v) is 4.08. The van der Waals surface area contributed by atoms with Crippen molar-refractivity contribution >= 4 is 29.6 Å². The first kappa shape index (κ1) is 26.6. The van der Waals surface area contributed by atoms with Crippen LogP contribution >= 0.6 is 0 Å². The Labute approximate surface area is 198 Å². The van der Waals surface area contributed by atoms with E-state index in [9.17, 15) is 29.1 Å². The lowest BCUT2D eigenvalue weighted by molar-refractivity contribution is -0.156. The SMILES string of the molecule is C=CC(=O)N1CCN([C@@H](Cc2ccccc2)C(=O)N[C@@H](CCC(N)=O)C(=O)O)C(=O)[C@@H]1C(C)C. The summed E-state index contributed by atoms with van der Waals surface area (Å²) in [4.78, 5) is 64.8. The van der Waals surface area contributed by atoms with E-state index in [0.717, 1.165) is 11.6 Å². The van der Waals surface area contributed by atoms with Crippen LogP contribution < -0.4 is 11.1 Å². The molecule has 10 nitrogen and oxygen atoms in total. The number of aliphatic carboxylic acids is 1. The minimum absolute atomic E-state index is 0.103. The minimum atomic E-state index is -1.34. The van der Waals surface area contributed by atoms with Crippen molar-refractivity contribution in [3.05, 3.63) is 48.6 Å². The van der Waals surface area contributed by atoms with Crippen molar-refractivity contribution in [2.45, 2.75) is 51.2 Å². The Morgan fingerprint density at radius 3 is 2.38 bits per heavy atom. The molecule has 0 aromatic heterocycles. The summed E-state index contributed by atoms with van der Waals surface area (Å²) in [7, 11) is 0. The number of hydrogen-bond donors (Lipinski definition) is 3. The number of nitrogens with two attached hydrogens (primary N) is 1. The van der Waals surface area contributed by atoms with Crippen molar-refractivity contribution in [3.63, 3.8) is 0 Å². The second-order valence-electron chi connectivity index (χ2n) is 8.57. The van der Waals surface area contributed by atoms with Crippen molar-refractivity contribution in [1.29, 1.82) is 0 Å². The van der Waals surface area contributed by atoms with Gasteiger partial charge in [-0.25, -0.2) is 4.79 Å². The Bertz CT molecular complexity index is 933. The molecule has 0 saturated carbocycles. The van der Waals surface area contributed by atoms with E-state index in [2.05, 4.69) is 11.9 Å². The van der Waals surface area contributed by atoms with Crippen LogP contribution in [0.15, 0.2) is 43.0 Å². The van der Waals surface area contributed by atoms with Gasteiger partial charge in [-0.2, -0.15) is 0 Å². The third-order valence-electron chi connectivity index (χ3n) is 5.79. The standard InChI is InChI=1S/C24H32N4O6/c1-4-20(30)28-13-12-27(23(32)21(28)15(2)3)18(14-16-8-6-5-7-9-16)22(31)26-17(24(33)34)10-11-19(25)29/h4-9,15,17-18,21H,1,10-14H2,2-3H3,(H2,25,29)(H,26,31)(H,33,34)/t17-,18-,21-/m0/s1. The van der Waals surface area contributed by atoms with Crippen LogP contribution in [0.1, 0.15) is 32.3 Å². The molecule has 1 fully saturated rings. The molecule has 0 bridgehead atoms. The van der Waals surface area contributed by atoms with Gasteiger partial charge in [-0.15, -0.1) is 0 Å². The van der Waals surface area contributed by atoms with Crippen LogP contribution in [-0.4, -0.2) is 75.7 Å². The molecule has 1 aromatic rings. The number of piperazine rings is 1. The Morgan fingerprint density at radius 2 is 1.85 bits per heavy atom. The van der Waals surface area contributed by atoms with Crippen LogP contribution in [0.25, 0.3) is 0 Å². The van der Waals surface area contributed by atoms with Gasteiger partial charge in [0.15, 0.2) is 0 Å². The zero-order chi connectivity index (χ0) is 25.4. The Morgan fingerprint density at radius 1 is 1.21 bits per heavy atom. The van der Waals surface area contributed by atoms with Gasteiger partial charge in [-0.05, 0) is 24.0 Å². The minimum Gasteiger partial charge on any atom is -0.480 e. The van der Waals surface area contributed by atoms with Crippen molar-refractivity contribution < 1.29 is 29.1 Å². The number of nitrogens with zero attached hydrogens (tertiary/aromatic N) is 2. The van der Waals surface area contributed by atoms with Crippen molar-refractivity contribution in [2.24, 2.45) is 11.7 Å². The van der Waals surface area contributed by atoms with Crippen LogP contribution in [-0.2, 0) is 30.4 Å². The Kier molecular flexibility index (Phi) is 9.35. The highest BCUT2D eigenvalue weighted by molar-refractivity contribution is 5.96. The number of primary amides is 1. The molecule has 0 aliphatic carbocycles. The van der Waals surface area contributed by atoms with Gasteiger partial charge in [0.05, 0.1) is 0 Å². The molecule has 1 saturated heterocycles. The quantitative estimate of drug-likeness (QED) is 0.395. The topological polar surface area (TPSA) is 150 Å². The first-order chi connectivity index (χ1) is 16.1. The van der Waals surface area contributed by atoms with Gasteiger partial charge < -0.3 is 26.0 Å². The summed E-state index contributed by atoms with van der Waals surface area (Å²) >= 11 is 0. The molecule has 2 rings (SSSR count). The number of carboxylic acid groups (broad SMARTS) is 1. The summed E-state index contributed by atoms with van der Waals surface area (Å²) in [6, 6.07) is 5.92.